The highest BCUT2D eigenvalue weighted by Crippen LogP contribution is 2.14. The molecule has 56 valence electrons. The molecule has 3 heteroatoms. The van der Waals surface area contributed by atoms with Crippen molar-refractivity contribution >= 4 is 5.57 Å². The Labute approximate surface area is 64.4 Å². The summed E-state index contributed by atoms with van der Waals surface area (Å²) in [4.78, 5) is 0. The smallest absolute Gasteiger partial charge is 0.114 e. The molecular weight excluding hydrogens is 140 g/mol. The Bertz CT molecular complexity index is 285. The first-order chi connectivity index (χ1) is 5.47. The zero-order valence-corrected chi connectivity index (χ0v) is 5.95. The molecule has 0 bridgehead atoms. The van der Waals surface area contributed by atoms with Crippen LogP contribution in [0.1, 0.15) is 5.69 Å². The molecular formula is C8H8N2O. The van der Waals surface area contributed by atoms with E-state index < -0.39 is 0 Å². The third-order valence-corrected chi connectivity index (χ3v) is 1.56. The van der Waals surface area contributed by atoms with E-state index >= 15 is 0 Å². The largest absolute Gasteiger partial charge is 0.496 e. The van der Waals surface area contributed by atoms with Gasteiger partial charge in [-0.3, -0.25) is 5.10 Å². The molecule has 1 aromatic rings. The first-order valence-electron chi connectivity index (χ1n) is 3.44. The van der Waals surface area contributed by atoms with Crippen molar-refractivity contribution in [2.45, 2.75) is 0 Å². The number of allylic oxidation sites excluding steroid dienone is 2. The van der Waals surface area contributed by atoms with E-state index in [1.54, 1.807) is 12.5 Å². The summed E-state index contributed by atoms with van der Waals surface area (Å²) in [6.45, 7) is 0.624. The van der Waals surface area contributed by atoms with Crippen LogP contribution >= 0.6 is 0 Å². The minimum absolute atomic E-state index is 0.624. The molecule has 0 atom stereocenters. The number of aromatic nitrogens is 2. The summed E-state index contributed by atoms with van der Waals surface area (Å²) in [6.07, 6.45) is 7.30. The highest BCUT2D eigenvalue weighted by atomic mass is 16.5. The molecule has 2 rings (SSSR count). The quantitative estimate of drug-likeness (QED) is 0.652. The van der Waals surface area contributed by atoms with Crippen LogP contribution < -0.4 is 0 Å². The molecule has 0 aromatic carbocycles. The van der Waals surface area contributed by atoms with Crippen molar-refractivity contribution in [3.05, 3.63) is 36.4 Å². The predicted octanol–water partition coefficient (Wildman–Crippen LogP) is 1.34. The SMILES string of the molecule is C1=COCC(c2ccn[nH]2)=C1. The van der Waals surface area contributed by atoms with Crippen molar-refractivity contribution < 1.29 is 4.74 Å². The monoisotopic (exact) mass is 148 g/mol. The Morgan fingerprint density at radius 2 is 2.55 bits per heavy atom. The fourth-order valence-electron chi connectivity index (χ4n) is 0.999. The summed E-state index contributed by atoms with van der Waals surface area (Å²) in [5.41, 5.74) is 2.15. The van der Waals surface area contributed by atoms with Crippen LogP contribution in [0.5, 0.6) is 0 Å². The predicted molar refractivity (Wildman–Crippen MR) is 41.7 cm³/mol. The molecule has 0 unspecified atom stereocenters. The number of nitrogens with one attached hydrogen (secondary N) is 1. The van der Waals surface area contributed by atoms with Gasteiger partial charge in [-0.25, -0.2) is 0 Å². The average Bonchev–Trinajstić information content (AvgIpc) is 2.58. The number of nitrogens with zero attached hydrogens (tertiary/aromatic N) is 1. The molecule has 0 spiro atoms. The van der Waals surface area contributed by atoms with E-state index in [2.05, 4.69) is 10.2 Å². The minimum atomic E-state index is 0.624. The van der Waals surface area contributed by atoms with E-state index in [9.17, 15) is 0 Å². The van der Waals surface area contributed by atoms with Gasteiger partial charge in [0.25, 0.3) is 0 Å². The van der Waals surface area contributed by atoms with Gasteiger partial charge >= 0.3 is 0 Å². The number of H-pyrrole nitrogens is 1. The molecule has 2 heterocycles. The van der Waals surface area contributed by atoms with E-state index in [1.165, 1.54) is 0 Å². The molecule has 3 nitrogen and oxygen atoms in total. The van der Waals surface area contributed by atoms with Crippen LogP contribution in [-0.4, -0.2) is 16.8 Å². The number of ether oxygens (including phenoxy) is 1. The zero-order chi connectivity index (χ0) is 7.52. The minimum Gasteiger partial charge on any atom is -0.496 e. The third kappa shape index (κ3) is 1.17. The second-order valence-corrected chi connectivity index (χ2v) is 2.30. The molecule has 1 aliphatic rings. The van der Waals surface area contributed by atoms with Gasteiger partial charge in [0.05, 0.1) is 12.0 Å². The van der Waals surface area contributed by atoms with Gasteiger partial charge in [-0.2, -0.15) is 5.10 Å². The summed E-state index contributed by atoms with van der Waals surface area (Å²) in [7, 11) is 0. The van der Waals surface area contributed by atoms with Gasteiger partial charge < -0.3 is 4.74 Å². The average molecular weight is 148 g/mol. The van der Waals surface area contributed by atoms with E-state index in [0.29, 0.717) is 6.61 Å². The van der Waals surface area contributed by atoms with Crippen LogP contribution in [0.4, 0.5) is 0 Å². The Morgan fingerprint density at radius 1 is 1.55 bits per heavy atom. The number of aromatic amines is 1. The molecule has 0 radical (unpaired) electrons. The number of hydrogen-bond acceptors (Lipinski definition) is 2. The van der Waals surface area contributed by atoms with Crippen LogP contribution in [0.15, 0.2) is 30.7 Å². The van der Waals surface area contributed by atoms with Gasteiger partial charge in [-0.1, -0.05) is 6.08 Å². The van der Waals surface area contributed by atoms with Gasteiger partial charge in [0.2, 0.25) is 0 Å². The van der Waals surface area contributed by atoms with Crippen molar-refractivity contribution in [2.24, 2.45) is 0 Å². The number of rotatable bonds is 1. The van der Waals surface area contributed by atoms with Crippen LogP contribution in [0, 0.1) is 0 Å². The molecule has 0 saturated heterocycles. The van der Waals surface area contributed by atoms with Crippen molar-refractivity contribution in [3.63, 3.8) is 0 Å². The van der Waals surface area contributed by atoms with Gasteiger partial charge in [0.15, 0.2) is 0 Å². The van der Waals surface area contributed by atoms with Crippen molar-refractivity contribution in [2.75, 3.05) is 6.61 Å². The lowest BCUT2D eigenvalue weighted by Gasteiger charge is -2.07. The lowest BCUT2D eigenvalue weighted by atomic mass is 10.2. The highest BCUT2D eigenvalue weighted by molar-refractivity contribution is 5.65. The first kappa shape index (κ1) is 6.22. The zero-order valence-electron chi connectivity index (χ0n) is 5.95. The summed E-state index contributed by atoms with van der Waals surface area (Å²) < 4.78 is 5.11. The van der Waals surface area contributed by atoms with E-state index in [4.69, 9.17) is 4.74 Å². The maximum Gasteiger partial charge on any atom is 0.114 e. The summed E-state index contributed by atoms with van der Waals surface area (Å²) >= 11 is 0. The van der Waals surface area contributed by atoms with Gasteiger partial charge in [-0.15, -0.1) is 0 Å². The van der Waals surface area contributed by atoms with Crippen LogP contribution in [0.2, 0.25) is 0 Å². The molecule has 1 N–H and O–H groups in total. The lowest BCUT2D eigenvalue weighted by Crippen LogP contribution is -1.96. The maximum absolute atomic E-state index is 5.11. The van der Waals surface area contributed by atoms with Gasteiger partial charge in [0, 0.05) is 11.8 Å². The topological polar surface area (TPSA) is 37.9 Å². The van der Waals surface area contributed by atoms with E-state index in [1.807, 2.05) is 18.2 Å². The molecule has 0 saturated carbocycles. The summed E-state index contributed by atoms with van der Waals surface area (Å²) in [5, 5.41) is 6.73. The fourth-order valence-corrected chi connectivity index (χ4v) is 0.999. The molecule has 1 aliphatic heterocycles. The molecule has 0 aliphatic carbocycles. The normalized spacial score (nSPS) is 15.8. The maximum atomic E-state index is 5.11. The molecule has 0 fully saturated rings. The Hall–Kier alpha value is -1.51. The van der Waals surface area contributed by atoms with E-state index in [-0.39, 0.29) is 0 Å². The fraction of sp³-hybridized carbons (Fsp3) is 0.125. The molecule has 11 heavy (non-hydrogen) atoms. The molecule has 1 aromatic heterocycles. The summed E-state index contributed by atoms with van der Waals surface area (Å²) in [5.74, 6) is 0. The van der Waals surface area contributed by atoms with Crippen LogP contribution in [0.25, 0.3) is 5.57 Å². The van der Waals surface area contributed by atoms with Crippen molar-refractivity contribution in [1.82, 2.24) is 10.2 Å². The number of hydrogen-bond donors (Lipinski definition) is 1. The van der Waals surface area contributed by atoms with Crippen molar-refractivity contribution in [3.8, 4) is 0 Å². The Balaban J connectivity index is 2.29. The van der Waals surface area contributed by atoms with E-state index in [0.717, 1.165) is 11.3 Å². The van der Waals surface area contributed by atoms with Gasteiger partial charge in [0.1, 0.15) is 6.61 Å². The highest BCUT2D eigenvalue weighted by Gasteiger charge is 2.03. The summed E-state index contributed by atoms with van der Waals surface area (Å²) in [6, 6.07) is 1.92. The third-order valence-electron chi connectivity index (χ3n) is 1.56. The Morgan fingerprint density at radius 3 is 3.18 bits per heavy atom. The lowest BCUT2D eigenvalue weighted by molar-refractivity contribution is 0.292. The van der Waals surface area contributed by atoms with Gasteiger partial charge in [-0.05, 0) is 12.1 Å². The second-order valence-electron chi connectivity index (χ2n) is 2.30. The second kappa shape index (κ2) is 2.62. The van der Waals surface area contributed by atoms with Crippen LogP contribution in [-0.2, 0) is 4.74 Å². The Kier molecular flexibility index (Phi) is 1.48. The standard InChI is InChI=1S/C8H8N2O/c1-2-7(6-11-5-1)8-3-4-9-10-8/h1-5H,6H2,(H,9,10). The van der Waals surface area contributed by atoms with Crippen LogP contribution in [0.3, 0.4) is 0 Å². The first-order valence-corrected chi connectivity index (χ1v) is 3.44. The van der Waals surface area contributed by atoms with Crippen molar-refractivity contribution in [1.29, 1.82) is 0 Å². The molecule has 0 amide bonds.